The van der Waals surface area contributed by atoms with E-state index in [9.17, 15) is 4.39 Å². The molecule has 2 rings (SSSR count). The Morgan fingerprint density at radius 1 is 1.09 bits per heavy atom. The van der Waals surface area contributed by atoms with E-state index < -0.39 is 0 Å². The average Bonchev–Trinajstić information content (AvgIpc) is 2.52. The minimum atomic E-state index is -0.225. The lowest BCUT2D eigenvalue weighted by Gasteiger charge is -2.12. The highest BCUT2D eigenvalue weighted by Gasteiger charge is 2.01. The molecule has 1 N–H and O–H groups in total. The fraction of sp³-hybridized carbons (Fsp3) is 0.333. The predicted molar refractivity (Wildman–Crippen MR) is 91.0 cm³/mol. The van der Waals surface area contributed by atoms with E-state index in [1.54, 1.807) is 12.1 Å². The van der Waals surface area contributed by atoms with Crippen molar-refractivity contribution in [2.24, 2.45) is 0 Å². The standard InChI is InChI=1S/C18H22FNO.ClH/c1-3-14(2)20-12-16-5-4-6-18(11-16)21-13-15-7-9-17(19)10-8-15;/h4-11,14,20H,3,12-13H2,1-2H3;1H. The highest BCUT2D eigenvalue weighted by atomic mass is 35.5. The molecule has 4 heteroatoms. The van der Waals surface area contributed by atoms with Crippen molar-refractivity contribution in [2.45, 2.75) is 39.5 Å². The van der Waals surface area contributed by atoms with Gasteiger partial charge in [-0.3, -0.25) is 0 Å². The van der Waals surface area contributed by atoms with E-state index in [1.807, 2.05) is 18.2 Å². The van der Waals surface area contributed by atoms with E-state index in [0.29, 0.717) is 12.6 Å². The Morgan fingerprint density at radius 2 is 1.82 bits per heavy atom. The molecule has 0 aromatic heterocycles. The molecule has 0 saturated carbocycles. The van der Waals surface area contributed by atoms with Crippen LogP contribution in [-0.4, -0.2) is 6.04 Å². The molecule has 0 aliphatic heterocycles. The summed E-state index contributed by atoms with van der Waals surface area (Å²) in [5, 5.41) is 3.46. The van der Waals surface area contributed by atoms with Gasteiger partial charge in [-0.1, -0.05) is 31.2 Å². The third-order valence-electron chi connectivity index (χ3n) is 3.48. The Bertz CT molecular complexity index is 559. The Labute approximate surface area is 138 Å². The maximum Gasteiger partial charge on any atom is 0.123 e. The first-order valence-corrected chi connectivity index (χ1v) is 7.37. The van der Waals surface area contributed by atoms with Crippen molar-refractivity contribution in [1.29, 1.82) is 0 Å². The van der Waals surface area contributed by atoms with E-state index in [-0.39, 0.29) is 18.2 Å². The number of ether oxygens (including phenoxy) is 1. The Morgan fingerprint density at radius 3 is 2.50 bits per heavy atom. The normalized spacial score (nSPS) is 11.6. The first-order valence-electron chi connectivity index (χ1n) is 7.37. The van der Waals surface area contributed by atoms with Crippen LogP contribution in [0.1, 0.15) is 31.4 Å². The molecule has 0 amide bonds. The number of nitrogens with one attached hydrogen (secondary N) is 1. The van der Waals surface area contributed by atoms with Gasteiger partial charge in [-0.25, -0.2) is 4.39 Å². The van der Waals surface area contributed by atoms with Gasteiger partial charge in [0.05, 0.1) is 0 Å². The van der Waals surface area contributed by atoms with Gasteiger partial charge in [-0.15, -0.1) is 12.4 Å². The molecule has 0 aliphatic rings. The molecule has 0 radical (unpaired) electrons. The number of hydrogen-bond acceptors (Lipinski definition) is 2. The maximum absolute atomic E-state index is 12.8. The van der Waals surface area contributed by atoms with Crippen LogP contribution < -0.4 is 10.1 Å². The lowest BCUT2D eigenvalue weighted by atomic mass is 10.2. The summed E-state index contributed by atoms with van der Waals surface area (Å²) >= 11 is 0. The first-order chi connectivity index (χ1) is 10.2. The molecule has 0 fully saturated rings. The average molecular weight is 324 g/mol. The molecule has 0 spiro atoms. The predicted octanol–water partition coefficient (Wildman–Crippen LogP) is 4.71. The minimum absolute atomic E-state index is 0. The van der Waals surface area contributed by atoms with Crippen LogP contribution in [-0.2, 0) is 13.2 Å². The van der Waals surface area contributed by atoms with E-state index in [1.165, 1.54) is 17.7 Å². The summed E-state index contributed by atoms with van der Waals surface area (Å²) in [5.74, 6) is 0.611. The van der Waals surface area contributed by atoms with Gasteiger partial charge >= 0.3 is 0 Å². The topological polar surface area (TPSA) is 21.3 Å². The summed E-state index contributed by atoms with van der Waals surface area (Å²) in [6.45, 7) is 5.63. The zero-order valence-electron chi connectivity index (χ0n) is 13.0. The van der Waals surface area contributed by atoms with Gasteiger partial charge in [-0.05, 0) is 48.7 Å². The molecule has 1 unspecified atom stereocenters. The van der Waals surface area contributed by atoms with Gasteiger partial charge in [0.2, 0.25) is 0 Å². The lowest BCUT2D eigenvalue weighted by Crippen LogP contribution is -2.24. The molecular formula is C18H23ClFNO. The molecule has 2 aromatic carbocycles. The van der Waals surface area contributed by atoms with Gasteiger partial charge in [0.1, 0.15) is 18.2 Å². The molecule has 22 heavy (non-hydrogen) atoms. The van der Waals surface area contributed by atoms with Crippen LogP contribution in [0.15, 0.2) is 48.5 Å². The van der Waals surface area contributed by atoms with Crippen molar-refractivity contribution >= 4 is 12.4 Å². The zero-order chi connectivity index (χ0) is 15.1. The van der Waals surface area contributed by atoms with E-state index in [4.69, 9.17) is 4.74 Å². The Hall–Kier alpha value is -1.58. The number of benzene rings is 2. The SMILES string of the molecule is CCC(C)NCc1cccc(OCc2ccc(F)cc2)c1.Cl. The minimum Gasteiger partial charge on any atom is -0.489 e. The monoisotopic (exact) mass is 323 g/mol. The maximum atomic E-state index is 12.8. The van der Waals surface area contributed by atoms with E-state index in [2.05, 4.69) is 25.2 Å². The zero-order valence-corrected chi connectivity index (χ0v) is 13.8. The van der Waals surface area contributed by atoms with Crippen molar-refractivity contribution in [2.75, 3.05) is 0 Å². The van der Waals surface area contributed by atoms with E-state index >= 15 is 0 Å². The third kappa shape index (κ3) is 6.04. The second-order valence-electron chi connectivity index (χ2n) is 5.25. The van der Waals surface area contributed by atoms with Gasteiger partial charge in [0.25, 0.3) is 0 Å². The molecule has 2 aromatic rings. The fourth-order valence-electron chi connectivity index (χ4n) is 1.93. The molecular weight excluding hydrogens is 301 g/mol. The second-order valence-corrected chi connectivity index (χ2v) is 5.25. The van der Waals surface area contributed by atoms with Crippen LogP contribution in [0.2, 0.25) is 0 Å². The summed E-state index contributed by atoms with van der Waals surface area (Å²) in [6.07, 6.45) is 1.11. The molecule has 0 saturated heterocycles. The smallest absolute Gasteiger partial charge is 0.123 e. The van der Waals surface area contributed by atoms with Crippen LogP contribution in [0.5, 0.6) is 5.75 Å². The molecule has 120 valence electrons. The lowest BCUT2D eigenvalue weighted by molar-refractivity contribution is 0.305. The van der Waals surface area contributed by atoms with Gasteiger partial charge in [0, 0.05) is 12.6 Å². The van der Waals surface area contributed by atoms with Crippen LogP contribution in [0.25, 0.3) is 0 Å². The molecule has 0 bridgehead atoms. The van der Waals surface area contributed by atoms with Crippen LogP contribution in [0.3, 0.4) is 0 Å². The summed E-state index contributed by atoms with van der Waals surface area (Å²) in [7, 11) is 0. The quantitative estimate of drug-likeness (QED) is 0.796. The van der Waals surface area contributed by atoms with Crippen molar-refractivity contribution in [3.8, 4) is 5.75 Å². The Kier molecular flexibility index (Phi) is 7.92. The van der Waals surface area contributed by atoms with Gasteiger partial charge < -0.3 is 10.1 Å². The first kappa shape index (κ1) is 18.5. The highest BCUT2D eigenvalue weighted by molar-refractivity contribution is 5.85. The molecule has 1 atom stereocenters. The number of rotatable bonds is 7. The number of halogens is 2. The Balaban J connectivity index is 0.00000242. The van der Waals surface area contributed by atoms with Crippen molar-refractivity contribution < 1.29 is 9.13 Å². The van der Waals surface area contributed by atoms with Gasteiger partial charge in [-0.2, -0.15) is 0 Å². The summed E-state index contributed by atoms with van der Waals surface area (Å²) in [6, 6.07) is 14.9. The van der Waals surface area contributed by atoms with Gasteiger partial charge in [0.15, 0.2) is 0 Å². The largest absolute Gasteiger partial charge is 0.489 e. The van der Waals surface area contributed by atoms with Crippen molar-refractivity contribution in [3.63, 3.8) is 0 Å². The summed E-state index contributed by atoms with van der Waals surface area (Å²) < 4.78 is 18.6. The van der Waals surface area contributed by atoms with Crippen LogP contribution >= 0.6 is 12.4 Å². The van der Waals surface area contributed by atoms with E-state index in [0.717, 1.165) is 24.3 Å². The highest BCUT2D eigenvalue weighted by Crippen LogP contribution is 2.15. The molecule has 2 nitrogen and oxygen atoms in total. The second kappa shape index (κ2) is 9.44. The van der Waals surface area contributed by atoms with Crippen LogP contribution in [0.4, 0.5) is 4.39 Å². The van der Waals surface area contributed by atoms with Crippen molar-refractivity contribution in [1.82, 2.24) is 5.32 Å². The van der Waals surface area contributed by atoms with Crippen LogP contribution in [0, 0.1) is 5.82 Å². The fourth-order valence-corrected chi connectivity index (χ4v) is 1.93. The van der Waals surface area contributed by atoms with Crippen molar-refractivity contribution in [3.05, 3.63) is 65.5 Å². The summed E-state index contributed by atoms with van der Waals surface area (Å²) in [4.78, 5) is 0. The summed E-state index contributed by atoms with van der Waals surface area (Å²) in [5.41, 5.74) is 2.16. The molecule has 0 aliphatic carbocycles. The molecule has 0 heterocycles. The third-order valence-corrected chi connectivity index (χ3v) is 3.48. The number of hydrogen-bond donors (Lipinski definition) is 1.